The quantitative estimate of drug-likeness (QED) is 0.420. The molecule has 1 aliphatic carbocycles. The number of hydrogen-bond acceptors (Lipinski definition) is 6. The van der Waals surface area contributed by atoms with Crippen LogP contribution in [-0.4, -0.2) is 47.3 Å². The molecule has 1 aliphatic rings. The molecule has 1 saturated carbocycles. The van der Waals surface area contributed by atoms with Gasteiger partial charge in [0.15, 0.2) is 11.1 Å². The summed E-state index contributed by atoms with van der Waals surface area (Å²) >= 11 is 0. The molecule has 11 nitrogen and oxygen atoms in total. The van der Waals surface area contributed by atoms with Gasteiger partial charge in [-0.1, -0.05) is 0 Å². The topological polar surface area (TPSA) is 153 Å². The monoisotopic (exact) mass is 398 g/mol. The summed E-state index contributed by atoms with van der Waals surface area (Å²) in [7, 11) is 0. The third-order valence-corrected chi connectivity index (χ3v) is 4.11. The van der Waals surface area contributed by atoms with Gasteiger partial charge in [0.2, 0.25) is 5.88 Å². The summed E-state index contributed by atoms with van der Waals surface area (Å²) in [5.41, 5.74) is 0.275. The molecule has 0 bridgehead atoms. The van der Waals surface area contributed by atoms with Crippen LogP contribution < -0.4 is 27.0 Å². The first kappa shape index (κ1) is 18.7. The van der Waals surface area contributed by atoms with Crippen molar-refractivity contribution >= 4 is 23.6 Å². The molecule has 0 spiro atoms. The lowest BCUT2D eigenvalue weighted by Gasteiger charge is -2.20. The number of carbonyl (C=O) groups excluding carboxylic acids is 1. The fourth-order valence-electron chi connectivity index (χ4n) is 2.75. The number of H-pyrrole nitrogens is 2. The number of carbonyl (C=O) groups is 1. The van der Waals surface area contributed by atoms with E-state index < -0.39 is 11.2 Å². The zero-order valence-electron chi connectivity index (χ0n) is 16.3. The molecule has 2 amide bonds. The molecule has 3 aromatic rings. The van der Waals surface area contributed by atoms with E-state index in [1.165, 1.54) is 0 Å². The molecule has 0 radical (unpaired) electrons. The van der Waals surface area contributed by atoms with Crippen molar-refractivity contribution in [1.82, 2.24) is 29.9 Å². The Morgan fingerprint density at radius 1 is 1.38 bits per heavy atom. The number of nitrogens with one attached hydrogen (secondary N) is 4. The second-order valence-electron chi connectivity index (χ2n) is 8.01. The van der Waals surface area contributed by atoms with E-state index in [0.717, 1.165) is 12.8 Å². The molecular weight excluding hydrogens is 376 g/mol. The van der Waals surface area contributed by atoms with Crippen LogP contribution in [0.15, 0.2) is 22.1 Å². The molecule has 29 heavy (non-hydrogen) atoms. The van der Waals surface area contributed by atoms with Gasteiger partial charge in [0.25, 0.3) is 0 Å². The van der Waals surface area contributed by atoms with Crippen molar-refractivity contribution < 1.29 is 9.90 Å². The Morgan fingerprint density at radius 3 is 2.76 bits per heavy atom. The van der Waals surface area contributed by atoms with Crippen LogP contribution in [0.4, 0.5) is 10.6 Å². The predicted octanol–water partition coefficient (Wildman–Crippen LogP) is -0.0179. The number of rotatable bonds is 3. The number of imidazole rings is 1. The average Bonchev–Trinajstić information content (AvgIpc) is 3.22. The van der Waals surface area contributed by atoms with Gasteiger partial charge in [-0.15, -0.1) is 0 Å². The van der Waals surface area contributed by atoms with Gasteiger partial charge < -0.3 is 15.4 Å². The van der Waals surface area contributed by atoms with Gasteiger partial charge in [0, 0.05) is 16.8 Å². The maximum atomic E-state index is 12.3. The lowest BCUT2D eigenvalue weighted by molar-refractivity contribution is 0.243. The second kappa shape index (κ2) is 6.76. The fourth-order valence-corrected chi connectivity index (χ4v) is 2.75. The highest BCUT2D eigenvalue weighted by Crippen LogP contribution is 2.22. The number of amides is 2. The summed E-state index contributed by atoms with van der Waals surface area (Å²) in [6.07, 6.45) is 5.12. The number of aromatic nitrogens is 5. The molecule has 0 atom stereocenters. The van der Waals surface area contributed by atoms with E-state index in [9.17, 15) is 14.7 Å². The summed E-state index contributed by atoms with van der Waals surface area (Å²) in [5.74, 6) is 0.0386. The molecule has 0 saturated heterocycles. The second-order valence-corrected chi connectivity index (χ2v) is 8.01. The Bertz CT molecular complexity index is 1260. The van der Waals surface area contributed by atoms with Crippen molar-refractivity contribution in [3.8, 4) is 5.88 Å². The molecule has 5 N–H and O–H groups in total. The first-order chi connectivity index (χ1) is 13.7. The van der Waals surface area contributed by atoms with E-state index in [1.54, 1.807) is 22.9 Å². The van der Waals surface area contributed by atoms with Gasteiger partial charge >= 0.3 is 11.7 Å². The minimum Gasteiger partial charge on any atom is -0.493 e. The van der Waals surface area contributed by atoms with Crippen molar-refractivity contribution in [3.63, 3.8) is 0 Å². The molecule has 0 unspecified atom stereocenters. The van der Waals surface area contributed by atoms with Crippen LogP contribution in [0, 0.1) is 0 Å². The van der Waals surface area contributed by atoms with Gasteiger partial charge in [0.1, 0.15) is 11.5 Å². The zero-order chi connectivity index (χ0) is 20.8. The van der Waals surface area contributed by atoms with Crippen LogP contribution >= 0.6 is 0 Å². The summed E-state index contributed by atoms with van der Waals surface area (Å²) in [4.78, 5) is 37.5. The number of anilines is 1. The highest BCUT2D eigenvalue weighted by atomic mass is 16.3. The molecular formula is C18H22N8O3. The summed E-state index contributed by atoms with van der Waals surface area (Å²) in [5, 5.41) is 20.2. The van der Waals surface area contributed by atoms with Crippen LogP contribution in [0.1, 0.15) is 39.3 Å². The lowest BCUT2D eigenvalue weighted by atomic mass is 10.1. The number of fused-ring (bicyclic) bond motifs is 1. The number of hydrogen-bond donors (Lipinski definition) is 5. The molecule has 3 heterocycles. The van der Waals surface area contributed by atoms with Gasteiger partial charge in [-0.2, -0.15) is 9.61 Å². The summed E-state index contributed by atoms with van der Waals surface area (Å²) < 4.78 is 1.57. The van der Waals surface area contributed by atoms with Crippen molar-refractivity contribution in [3.05, 3.63) is 39.1 Å². The molecule has 152 valence electrons. The van der Waals surface area contributed by atoms with Crippen LogP contribution in [0.25, 0.3) is 11.7 Å². The molecule has 4 rings (SSSR count). The summed E-state index contributed by atoms with van der Waals surface area (Å²) in [6.45, 7) is 5.64. The molecule has 1 fully saturated rings. The fraction of sp³-hybridized carbons (Fsp3) is 0.389. The Morgan fingerprint density at radius 2 is 2.14 bits per heavy atom. The van der Waals surface area contributed by atoms with E-state index in [1.807, 2.05) is 20.8 Å². The van der Waals surface area contributed by atoms with Gasteiger partial charge in [-0.05, 0) is 39.7 Å². The molecule has 0 aliphatic heterocycles. The lowest BCUT2D eigenvalue weighted by Crippen LogP contribution is -2.43. The SMILES string of the molecule is CC(C)(C)NC(=O)Nc1cc(=NC2CC2)n2nc/c(=C/c3[nH]c(=O)[nH]c3O)c2n1. The molecule has 11 heteroatoms. The van der Waals surface area contributed by atoms with E-state index >= 15 is 0 Å². The standard InChI is InChI=1S/C18H22N8O3/c1-18(2,3)25-17(29)23-12-7-13(20-10-4-5-10)26-14(22-12)9(8-19-26)6-11-15(27)24-16(28)21-11/h6-8,10,27H,4-5H2,1-3H3,(H2,21,24,28)(H2,23,25,29)/b9-6-,20-13?. The van der Waals surface area contributed by atoms with Gasteiger partial charge in [-0.25, -0.2) is 14.6 Å². The van der Waals surface area contributed by atoms with Crippen molar-refractivity contribution in [2.75, 3.05) is 5.32 Å². The Hall–Kier alpha value is -3.63. The Labute approximate surface area is 164 Å². The van der Waals surface area contributed by atoms with Crippen molar-refractivity contribution in [2.45, 2.75) is 45.2 Å². The van der Waals surface area contributed by atoms with Crippen molar-refractivity contribution in [2.24, 2.45) is 4.99 Å². The van der Waals surface area contributed by atoms with E-state index in [2.05, 4.69) is 35.7 Å². The number of aromatic amines is 2. The van der Waals surface area contributed by atoms with Crippen LogP contribution in [-0.2, 0) is 0 Å². The maximum Gasteiger partial charge on any atom is 0.326 e. The van der Waals surface area contributed by atoms with E-state index in [4.69, 9.17) is 0 Å². The van der Waals surface area contributed by atoms with E-state index in [0.29, 0.717) is 22.2 Å². The molecule has 0 aromatic carbocycles. The number of aromatic hydroxyl groups is 1. The highest BCUT2D eigenvalue weighted by molar-refractivity contribution is 5.88. The van der Waals surface area contributed by atoms with Gasteiger partial charge in [-0.3, -0.25) is 15.3 Å². The summed E-state index contributed by atoms with van der Waals surface area (Å²) in [6, 6.07) is 1.52. The predicted molar refractivity (Wildman–Crippen MR) is 105 cm³/mol. The third-order valence-electron chi connectivity index (χ3n) is 4.11. The first-order valence-electron chi connectivity index (χ1n) is 9.23. The Balaban J connectivity index is 1.82. The Kier molecular flexibility index (Phi) is 4.36. The van der Waals surface area contributed by atoms with Crippen LogP contribution in [0.5, 0.6) is 5.88 Å². The van der Waals surface area contributed by atoms with Crippen LogP contribution in [0.3, 0.4) is 0 Å². The third kappa shape index (κ3) is 4.28. The van der Waals surface area contributed by atoms with E-state index in [-0.39, 0.29) is 23.6 Å². The van der Waals surface area contributed by atoms with Crippen LogP contribution in [0.2, 0.25) is 0 Å². The van der Waals surface area contributed by atoms with Gasteiger partial charge in [0.05, 0.1) is 12.2 Å². The first-order valence-corrected chi connectivity index (χ1v) is 9.23. The minimum absolute atomic E-state index is 0.205. The smallest absolute Gasteiger partial charge is 0.326 e. The largest absolute Gasteiger partial charge is 0.493 e. The zero-order valence-corrected chi connectivity index (χ0v) is 16.3. The average molecular weight is 398 g/mol. The normalized spacial score (nSPS) is 15.8. The number of nitrogens with zero attached hydrogens (tertiary/aromatic N) is 4. The van der Waals surface area contributed by atoms with Crippen molar-refractivity contribution in [1.29, 1.82) is 0 Å². The minimum atomic E-state index is -0.524. The highest BCUT2D eigenvalue weighted by Gasteiger charge is 2.21. The maximum absolute atomic E-state index is 12.3. The molecule has 3 aromatic heterocycles. The number of urea groups is 1.